The van der Waals surface area contributed by atoms with Crippen molar-refractivity contribution in [3.63, 3.8) is 0 Å². The Hall–Kier alpha value is -0.300. The second-order valence-corrected chi connectivity index (χ2v) is 6.10. The molecule has 7 heteroatoms. The first-order chi connectivity index (χ1) is 8.36. The summed E-state index contributed by atoms with van der Waals surface area (Å²) < 4.78 is 37.4. The molecule has 0 aliphatic carbocycles. The Kier molecular flexibility index (Phi) is 5.67. The Morgan fingerprint density at radius 2 is 2.11 bits per heavy atom. The summed E-state index contributed by atoms with van der Waals surface area (Å²) in [5.41, 5.74) is 5.92. The number of hydrogen-bond donors (Lipinski definition) is 1. The van der Waals surface area contributed by atoms with Crippen LogP contribution in [0.25, 0.3) is 0 Å². The zero-order valence-electron chi connectivity index (χ0n) is 10.6. The van der Waals surface area contributed by atoms with Crippen LogP contribution in [0.4, 0.5) is 13.2 Å². The van der Waals surface area contributed by atoms with Crippen molar-refractivity contribution in [2.45, 2.75) is 32.1 Å². The van der Waals surface area contributed by atoms with Crippen LogP contribution in [0, 0.1) is 5.92 Å². The van der Waals surface area contributed by atoms with E-state index in [9.17, 15) is 13.2 Å². The highest BCUT2D eigenvalue weighted by Gasteiger charge is 2.32. The number of thiophene rings is 1. The molecule has 0 radical (unpaired) electrons. The van der Waals surface area contributed by atoms with Crippen LogP contribution < -0.4 is 5.73 Å². The minimum Gasteiger partial charge on any atom is -0.327 e. The van der Waals surface area contributed by atoms with Crippen molar-refractivity contribution in [2.24, 2.45) is 11.7 Å². The number of nitrogens with zero attached hydrogens (tertiary/aromatic N) is 1. The molecule has 2 unspecified atom stereocenters. The highest BCUT2D eigenvalue weighted by molar-refractivity contribution is 7.12. The molecule has 0 aromatic carbocycles. The van der Waals surface area contributed by atoms with E-state index in [-0.39, 0.29) is 18.4 Å². The van der Waals surface area contributed by atoms with Crippen LogP contribution in [-0.4, -0.2) is 24.0 Å². The van der Waals surface area contributed by atoms with Gasteiger partial charge in [0, 0.05) is 30.6 Å². The maximum Gasteiger partial charge on any atom is 0.425 e. The Morgan fingerprint density at radius 1 is 1.42 bits per heavy atom. The van der Waals surface area contributed by atoms with Gasteiger partial charge in [0.15, 0.2) is 0 Å². The van der Waals surface area contributed by atoms with Gasteiger partial charge in [0.1, 0.15) is 4.88 Å². The van der Waals surface area contributed by atoms with Crippen LogP contribution in [0.2, 0.25) is 0 Å². The molecular weight excluding hydrogens is 297 g/mol. The average molecular weight is 315 g/mol. The van der Waals surface area contributed by atoms with Gasteiger partial charge in [-0.15, -0.1) is 23.7 Å². The molecule has 1 saturated heterocycles. The van der Waals surface area contributed by atoms with E-state index in [0.717, 1.165) is 35.7 Å². The quantitative estimate of drug-likeness (QED) is 0.907. The summed E-state index contributed by atoms with van der Waals surface area (Å²) in [7, 11) is 0. The SMILES string of the molecule is CC1CN(Cc2ccc(C(F)(F)F)s2)CCC1N.Cl. The Balaban J connectivity index is 0.00000180. The van der Waals surface area contributed by atoms with Crippen molar-refractivity contribution < 1.29 is 13.2 Å². The summed E-state index contributed by atoms with van der Waals surface area (Å²) >= 11 is 0.838. The van der Waals surface area contributed by atoms with Crippen LogP contribution >= 0.6 is 23.7 Å². The molecule has 110 valence electrons. The fourth-order valence-electron chi connectivity index (χ4n) is 2.23. The molecule has 1 aliphatic heterocycles. The number of nitrogens with two attached hydrogens (primary N) is 1. The summed E-state index contributed by atoms with van der Waals surface area (Å²) in [6.45, 7) is 4.41. The Labute approximate surface area is 121 Å². The van der Waals surface area contributed by atoms with E-state index in [4.69, 9.17) is 5.73 Å². The van der Waals surface area contributed by atoms with Crippen LogP contribution in [0.1, 0.15) is 23.1 Å². The van der Waals surface area contributed by atoms with Crippen molar-refractivity contribution in [1.82, 2.24) is 4.90 Å². The van der Waals surface area contributed by atoms with Gasteiger partial charge in [-0.3, -0.25) is 4.90 Å². The topological polar surface area (TPSA) is 29.3 Å². The maximum atomic E-state index is 12.5. The summed E-state index contributed by atoms with van der Waals surface area (Å²) in [5, 5.41) is 0. The van der Waals surface area contributed by atoms with Crippen molar-refractivity contribution in [3.8, 4) is 0 Å². The third-order valence-corrected chi connectivity index (χ3v) is 4.49. The molecule has 1 aromatic heterocycles. The lowest BCUT2D eigenvalue weighted by Crippen LogP contribution is -2.45. The van der Waals surface area contributed by atoms with E-state index in [1.807, 2.05) is 0 Å². The van der Waals surface area contributed by atoms with Crippen LogP contribution in [-0.2, 0) is 12.7 Å². The van der Waals surface area contributed by atoms with E-state index in [1.54, 1.807) is 6.07 Å². The fraction of sp³-hybridized carbons (Fsp3) is 0.667. The van der Waals surface area contributed by atoms with Gasteiger partial charge in [-0.1, -0.05) is 6.92 Å². The molecule has 0 amide bonds. The van der Waals surface area contributed by atoms with Crippen molar-refractivity contribution in [2.75, 3.05) is 13.1 Å². The zero-order valence-corrected chi connectivity index (χ0v) is 12.2. The van der Waals surface area contributed by atoms with Gasteiger partial charge in [-0.2, -0.15) is 13.2 Å². The molecule has 1 aromatic rings. The molecule has 2 heterocycles. The standard InChI is InChI=1S/C12H17F3N2S.ClH/c1-8-6-17(5-4-10(8)16)7-9-2-3-11(18-9)12(13,14)15;/h2-3,8,10H,4-7,16H2,1H3;1H. The highest BCUT2D eigenvalue weighted by Crippen LogP contribution is 2.35. The van der Waals surface area contributed by atoms with E-state index in [2.05, 4.69) is 11.8 Å². The lowest BCUT2D eigenvalue weighted by molar-refractivity contribution is -0.134. The van der Waals surface area contributed by atoms with Gasteiger partial charge in [-0.05, 0) is 24.5 Å². The first-order valence-corrected chi connectivity index (χ1v) is 6.82. The second-order valence-electron chi connectivity index (χ2n) is 4.93. The van der Waals surface area contributed by atoms with Gasteiger partial charge in [0.05, 0.1) is 0 Å². The normalized spacial score (nSPS) is 25.1. The van der Waals surface area contributed by atoms with Crippen molar-refractivity contribution >= 4 is 23.7 Å². The fourth-order valence-corrected chi connectivity index (χ4v) is 3.15. The highest BCUT2D eigenvalue weighted by atomic mass is 35.5. The lowest BCUT2D eigenvalue weighted by Gasteiger charge is -2.34. The van der Waals surface area contributed by atoms with E-state index >= 15 is 0 Å². The second kappa shape index (κ2) is 6.43. The van der Waals surface area contributed by atoms with E-state index < -0.39 is 11.1 Å². The summed E-state index contributed by atoms with van der Waals surface area (Å²) in [6, 6.07) is 2.96. The molecular formula is C12H18ClF3N2S. The Bertz CT molecular complexity index is 408. The predicted octanol–water partition coefficient (Wildman–Crippen LogP) is 3.36. The van der Waals surface area contributed by atoms with Crippen LogP contribution in [0.5, 0.6) is 0 Å². The smallest absolute Gasteiger partial charge is 0.327 e. The van der Waals surface area contributed by atoms with E-state index in [0.29, 0.717) is 12.5 Å². The van der Waals surface area contributed by atoms with Gasteiger partial charge < -0.3 is 5.73 Å². The van der Waals surface area contributed by atoms with Gasteiger partial charge in [-0.25, -0.2) is 0 Å². The van der Waals surface area contributed by atoms with Gasteiger partial charge in [0.25, 0.3) is 0 Å². The van der Waals surface area contributed by atoms with Crippen LogP contribution in [0.15, 0.2) is 12.1 Å². The first-order valence-electron chi connectivity index (χ1n) is 6.00. The summed E-state index contributed by atoms with van der Waals surface area (Å²) in [5.74, 6) is 0.404. The Morgan fingerprint density at radius 3 is 2.63 bits per heavy atom. The van der Waals surface area contributed by atoms with Crippen LogP contribution in [0.3, 0.4) is 0 Å². The minimum atomic E-state index is -4.22. The number of halogens is 4. The summed E-state index contributed by atoms with van der Waals surface area (Å²) in [4.78, 5) is 2.43. The number of likely N-dealkylation sites (tertiary alicyclic amines) is 1. The van der Waals surface area contributed by atoms with Crippen molar-refractivity contribution in [3.05, 3.63) is 21.9 Å². The molecule has 2 nitrogen and oxygen atoms in total. The number of alkyl halides is 3. The molecule has 0 saturated carbocycles. The number of rotatable bonds is 2. The zero-order chi connectivity index (χ0) is 13.3. The maximum absolute atomic E-state index is 12.5. The molecule has 19 heavy (non-hydrogen) atoms. The molecule has 1 fully saturated rings. The molecule has 2 N–H and O–H groups in total. The largest absolute Gasteiger partial charge is 0.425 e. The minimum absolute atomic E-state index is 0. The summed E-state index contributed by atoms with van der Waals surface area (Å²) in [6.07, 6.45) is -3.31. The lowest BCUT2D eigenvalue weighted by atomic mass is 9.95. The number of hydrogen-bond acceptors (Lipinski definition) is 3. The molecule has 2 rings (SSSR count). The monoisotopic (exact) mass is 314 g/mol. The molecule has 0 spiro atoms. The van der Waals surface area contributed by atoms with Gasteiger partial charge in [0.2, 0.25) is 0 Å². The first kappa shape index (κ1) is 16.8. The molecule has 1 aliphatic rings. The molecule has 0 bridgehead atoms. The third-order valence-electron chi connectivity index (χ3n) is 3.38. The number of piperidine rings is 1. The van der Waals surface area contributed by atoms with E-state index in [1.165, 1.54) is 6.07 Å². The third kappa shape index (κ3) is 4.34. The van der Waals surface area contributed by atoms with Crippen molar-refractivity contribution in [1.29, 1.82) is 0 Å². The van der Waals surface area contributed by atoms with Gasteiger partial charge >= 0.3 is 6.18 Å². The molecule has 2 atom stereocenters. The predicted molar refractivity (Wildman–Crippen MR) is 73.6 cm³/mol. The average Bonchev–Trinajstić information content (AvgIpc) is 2.72.